The van der Waals surface area contributed by atoms with Crippen molar-refractivity contribution in [3.8, 4) is 5.75 Å². The Bertz CT molecular complexity index is 1180. The lowest BCUT2D eigenvalue weighted by atomic mass is 9.97. The van der Waals surface area contributed by atoms with Crippen molar-refractivity contribution >= 4 is 17.4 Å². The van der Waals surface area contributed by atoms with E-state index in [1.165, 1.54) is 24.1 Å². The average molecular weight is 432 g/mol. The second kappa shape index (κ2) is 9.01. The first-order valence-electron chi connectivity index (χ1n) is 10.1. The summed E-state index contributed by atoms with van der Waals surface area (Å²) in [6, 6.07) is 17.0. The van der Waals surface area contributed by atoms with Crippen LogP contribution in [0.25, 0.3) is 5.76 Å². The molecule has 0 spiro atoms. The van der Waals surface area contributed by atoms with Gasteiger partial charge in [0, 0.05) is 12.7 Å². The van der Waals surface area contributed by atoms with Crippen molar-refractivity contribution in [2.24, 2.45) is 0 Å². The van der Waals surface area contributed by atoms with Gasteiger partial charge >= 0.3 is 0 Å². The van der Waals surface area contributed by atoms with Gasteiger partial charge < -0.3 is 14.7 Å². The van der Waals surface area contributed by atoms with Crippen LogP contribution in [0, 0.1) is 5.82 Å². The number of para-hydroxylation sites is 1. The lowest BCUT2D eigenvalue weighted by molar-refractivity contribution is -0.139. The Morgan fingerprint density at radius 2 is 1.78 bits per heavy atom. The highest BCUT2D eigenvalue weighted by Crippen LogP contribution is 2.40. The van der Waals surface area contributed by atoms with Gasteiger partial charge in [-0.05, 0) is 48.4 Å². The number of aliphatic hydroxyl groups is 1. The number of hydrogen-bond donors (Lipinski definition) is 1. The topological polar surface area (TPSA) is 79.7 Å². The van der Waals surface area contributed by atoms with Gasteiger partial charge in [-0.3, -0.25) is 14.6 Å². The molecule has 1 aromatic heterocycles. The number of carbonyl (C=O) groups is 2. The van der Waals surface area contributed by atoms with Crippen LogP contribution >= 0.6 is 0 Å². The molecule has 1 aliphatic rings. The van der Waals surface area contributed by atoms with Crippen LogP contribution < -0.4 is 4.74 Å². The first-order chi connectivity index (χ1) is 15.5. The third-order valence-electron chi connectivity index (χ3n) is 5.42. The molecule has 0 aliphatic carbocycles. The molecule has 1 amide bonds. The Morgan fingerprint density at radius 1 is 1.06 bits per heavy atom. The van der Waals surface area contributed by atoms with Crippen LogP contribution in [0.1, 0.15) is 22.9 Å². The molecule has 7 heteroatoms. The number of halogens is 1. The summed E-state index contributed by atoms with van der Waals surface area (Å²) >= 11 is 0. The molecule has 4 rings (SSSR count). The number of nitrogens with zero attached hydrogens (tertiary/aromatic N) is 2. The van der Waals surface area contributed by atoms with E-state index in [0.717, 1.165) is 5.56 Å². The Hall–Kier alpha value is -4.00. The van der Waals surface area contributed by atoms with Crippen LogP contribution in [0.3, 0.4) is 0 Å². The number of amides is 1. The Morgan fingerprint density at radius 3 is 2.47 bits per heavy atom. The van der Waals surface area contributed by atoms with E-state index in [4.69, 9.17) is 4.74 Å². The summed E-state index contributed by atoms with van der Waals surface area (Å²) in [7, 11) is 1.46. The lowest BCUT2D eigenvalue weighted by Crippen LogP contribution is -2.32. The highest BCUT2D eigenvalue weighted by atomic mass is 19.1. The number of likely N-dealkylation sites (tertiary alicyclic amines) is 1. The molecule has 1 atom stereocenters. The summed E-state index contributed by atoms with van der Waals surface area (Å²) in [6.45, 7) is 0.195. The molecule has 3 aromatic rings. The third kappa shape index (κ3) is 3.97. The summed E-state index contributed by atoms with van der Waals surface area (Å²) in [5.41, 5.74) is 1.55. The molecule has 1 fully saturated rings. The highest BCUT2D eigenvalue weighted by Gasteiger charge is 2.46. The van der Waals surface area contributed by atoms with Crippen molar-refractivity contribution in [2.45, 2.75) is 12.5 Å². The lowest BCUT2D eigenvalue weighted by Gasteiger charge is -2.24. The quantitative estimate of drug-likeness (QED) is 0.363. The molecule has 0 radical (unpaired) electrons. The van der Waals surface area contributed by atoms with E-state index >= 15 is 0 Å². The molecule has 2 aromatic carbocycles. The number of ether oxygens (including phenoxy) is 1. The van der Waals surface area contributed by atoms with Gasteiger partial charge in [0.05, 0.1) is 23.9 Å². The number of carbonyl (C=O) groups excluding carboxylic acids is 2. The summed E-state index contributed by atoms with van der Waals surface area (Å²) in [4.78, 5) is 31.8. The molecular formula is C25H21FN2O4. The van der Waals surface area contributed by atoms with Gasteiger partial charge in [0.15, 0.2) is 0 Å². The number of aromatic nitrogens is 1. The van der Waals surface area contributed by atoms with E-state index < -0.39 is 17.7 Å². The summed E-state index contributed by atoms with van der Waals surface area (Å²) < 4.78 is 18.5. The van der Waals surface area contributed by atoms with Crippen molar-refractivity contribution < 1.29 is 23.8 Å². The molecule has 0 bridgehead atoms. The van der Waals surface area contributed by atoms with Crippen LogP contribution in [0.5, 0.6) is 5.75 Å². The van der Waals surface area contributed by atoms with Gasteiger partial charge in [0.25, 0.3) is 11.7 Å². The number of benzene rings is 2. The molecule has 1 saturated heterocycles. The smallest absolute Gasteiger partial charge is 0.295 e. The van der Waals surface area contributed by atoms with E-state index in [0.29, 0.717) is 23.4 Å². The largest absolute Gasteiger partial charge is 0.507 e. The van der Waals surface area contributed by atoms with Crippen LogP contribution in [0.15, 0.2) is 78.5 Å². The molecule has 32 heavy (non-hydrogen) atoms. The molecule has 1 aliphatic heterocycles. The number of pyridine rings is 1. The Balaban J connectivity index is 1.78. The minimum absolute atomic E-state index is 0.0442. The number of Topliss-reactive ketones (excluding diaryl/α,β-unsaturated/α-hetero) is 1. The summed E-state index contributed by atoms with van der Waals surface area (Å²) in [5, 5.41) is 11.1. The van der Waals surface area contributed by atoms with Crippen molar-refractivity contribution in [3.05, 3.63) is 101 Å². The normalized spacial score (nSPS) is 17.6. The number of hydrogen-bond acceptors (Lipinski definition) is 5. The van der Waals surface area contributed by atoms with Crippen LogP contribution in [-0.2, 0) is 16.0 Å². The van der Waals surface area contributed by atoms with Crippen LogP contribution in [0.4, 0.5) is 4.39 Å². The number of ketones is 1. The molecule has 1 N–H and O–H groups in total. The summed E-state index contributed by atoms with van der Waals surface area (Å²) in [6.07, 6.45) is 1.98. The average Bonchev–Trinajstić information content (AvgIpc) is 3.08. The van der Waals surface area contributed by atoms with Gasteiger partial charge in [0.2, 0.25) is 0 Å². The maximum absolute atomic E-state index is 13.2. The first-order valence-corrected chi connectivity index (χ1v) is 10.1. The van der Waals surface area contributed by atoms with Crippen molar-refractivity contribution in [1.82, 2.24) is 9.88 Å². The predicted molar refractivity (Wildman–Crippen MR) is 116 cm³/mol. The fourth-order valence-corrected chi connectivity index (χ4v) is 3.84. The SMILES string of the molecule is COc1ccccc1/C(O)=C1/C(=O)C(=O)N(CCc2ccc(F)cc2)C1c1ccccn1. The highest BCUT2D eigenvalue weighted by molar-refractivity contribution is 6.46. The molecule has 162 valence electrons. The molecule has 0 saturated carbocycles. The van der Waals surface area contributed by atoms with Gasteiger partial charge in [-0.2, -0.15) is 0 Å². The van der Waals surface area contributed by atoms with Crippen molar-refractivity contribution in [2.75, 3.05) is 13.7 Å². The number of aliphatic hydroxyl groups excluding tert-OH is 1. The maximum Gasteiger partial charge on any atom is 0.295 e. The van der Waals surface area contributed by atoms with Crippen LogP contribution in [-0.4, -0.2) is 40.3 Å². The van der Waals surface area contributed by atoms with Gasteiger partial charge in [-0.1, -0.05) is 30.3 Å². The second-order valence-corrected chi connectivity index (χ2v) is 7.32. The standard InChI is InChI=1S/C25H21FN2O4/c1-32-20-8-3-2-6-18(20)23(29)21-22(19-7-4-5-14-27-19)28(25(31)24(21)30)15-13-16-9-11-17(26)12-10-16/h2-12,14,22,29H,13,15H2,1H3/b23-21-. The van der Waals surface area contributed by atoms with E-state index in [1.54, 1.807) is 60.8 Å². The zero-order valence-corrected chi connectivity index (χ0v) is 17.4. The van der Waals surface area contributed by atoms with E-state index in [2.05, 4.69) is 4.98 Å². The van der Waals surface area contributed by atoms with Crippen molar-refractivity contribution in [1.29, 1.82) is 0 Å². The van der Waals surface area contributed by atoms with Gasteiger partial charge in [-0.15, -0.1) is 0 Å². The molecular weight excluding hydrogens is 411 g/mol. The molecule has 2 heterocycles. The Kier molecular flexibility index (Phi) is 5.98. The predicted octanol–water partition coefficient (Wildman–Crippen LogP) is 3.89. The van der Waals surface area contributed by atoms with Gasteiger partial charge in [-0.25, -0.2) is 4.39 Å². The minimum Gasteiger partial charge on any atom is -0.507 e. The van der Waals surface area contributed by atoms with E-state index in [-0.39, 0.29) is 23.7 Å². The number of methoxy groups -OCH3 is 1. The zero-order valence-electron chi connectivity index (χ0n) is 17.4. The van der Waals surface area contributed by atoms with E-state index in [1.807, 2.05) is 0 Å². The Labute approximate surface area is 184 Å². The van der Waals surface area contributed by atoms with Crippen LogP contribution in [0.2, 0.25) is 0 Å². The third-order valence-corrected chi connectivity index (χ3v) is 5.42. The second-order valence-electron chi connectivity index (χ2n) is 7.32. The minimum atomic E-state index is -0.860. The van der Waals surface area contributed by atoms with E-state index in [9.17, 15) is 19.1 Å². The first kappa shape index (κ1) is 21.2. The van der Waals surface area contributed by atoms with Gasteiger partial charge in [0.1, 0.15) is 23.4 Å². The summed E-state index contributed by atoms with van der Waals surface area (Å²) in [5.74, 6) is -1.80. The number of rotatable bonds is 6. The fraction of sp³-hybridized carbons (Fsp3) is 0.160. The zero-order chi connectivity index (χ0) is 22.7. The van der Waals surface area contributed by atoms with Crippen molar-refractivity contribution in [3.63, 3.8) is 0 Å². The fourth-order valence-electron chi connectivity index (χ4n) is 3.84. The molecule has 6 nitrogen and oxygen atoms in total. The molecule has 1 unspecified atom stereocenters. The maximum atomic E-state index is 13.2. The monoisotopic (exact) mass is 432 g/mol.